The van der Waals surface area contributed by atoms with Crippen molar-refractivity contribution < 1.29 is 9.59 Å². The summed E-state index contributed by atoms with van der Waals surface area (Å²) in [5, 5.41) is 0. The van der Waals surface area contributed by atoms with E-state index in [4.69, 9.17) is 0 Å². The van der Waals surface area contributed by atoms with Gasteiger partial charge in [-0.15, -0.1) is 0 Å². The molecule has 4 nitrogen and oxygen atoms in total. The number of hydrogen-bond acceptors (Lipinski definition) is 2. The number of benzene rings is 2. The Kier molecular flexibility index (Phi) is 3.75. The summed E-state index contributed by atoms with van der Waals surface area (Å²) in [7, 11) is 0. The molecule has 1 aliphatic heterocycles. The molecular weight excluding hydrogens is 332 g/mol. The van der Waals surface area contributed by atoms with Gasteiger partial charge in [0.1, 0.15) is 6.54 Å². The zero-order valence-corrected chi connectivity index (χ0v) is 12.8. The number of carbonyl (C=O) groups is 2. The first-order valence-corrected chi connectivity index (χ1v) is 7.36. The number of imide groups is 1. The van der Waals surface area contributed by atoms with Gasteiger partial charge in [-0.05, 0) is 29.8 Å². The van der Waals surface area contributed by atoms with Gasteiger partial charge >= 0.3 is 6.03 Å². The number of rotatable bonds is 3. The third-order valence-corrected chi connectivity index (χ3v) is 3.87. The van der Waals surface area contributed by atoms with E-state index in [1.807, 2.05) is 42.5 Å². The Labute approximate surface area is 131 Å². The van der Waals surface area contributed by atoms with Gasteiger partial charge < -0.3 is 4.90 Å². The van der Waals surface area contributed by atoms with Crippen LogP contribution in [0.4, 0.5) is 10.5 Å². The van der Waals surface area contributed by atoms with E-state index in [1.54, 1.807) is 17.0 Å². The normalized spacial score (nSPS) is 14.9. The van der Waals surface area contributed by atoms with Gasteiger partial charge in [0.05, 0.1) is 5.69 Å². The van der Waals surface area contributed by atoms with Crippen molar-refractivity contribution >= 4 is 33.6 Å². The summed E-state index contributed by atoms with van der Waals surface area (Å²) >= 11 is 3.34. The molecule has 2 aromatic carbocycles. The molecule has 5 heteroatoms. The van der Waals surface area contributed by atoms with Gasteiger partial charge in [-0.2, -0.15) is 0 Å². The number of amides is 3. The molecule has 0 aromatic heterocycles. The molecule has 0 aliphatic carbocycles. The molecule has 1 saturated heterocycles. The highest BCUT2D eigenvalue weighted by Crippen LogP contribution is 2.24. The first-order valence-electron chi connectivity index (χ1n) is 6.56. The lowest BCUT2D eigenvalue weighted by Crippen LogP contribution is -2.32. The topological polar surface area (TPSA) is 40.6 Å². The average molecular weight is 345 g/mol. The molecule has 0 radical (unpaired) electrons. The molecule has 0 atom stereocenters. The monoisotopic (exact) mass is 344 g/mol. The highest BCUT2D eigenvalue weighted by Gasteiger charge is 2.36. The molecule has 1 aliphatic rings. The van der Waals surface area contributed by atoms with Crippen LogP contribution in [0, 0.1) is 0 Å². The maximum atomic E-state index is 12.4. The minimum Gasteiger partial charge on any atom is -0.310 e. The summed E-state index contributed by atoms with van der Waals surface area (Å²) < 4.78 is 0.909. The van der Waals surface area contributed by atoms with Crippen molar-refractivity contribution in [3.05, 3.63) is 64.6 Å². The van der Waals surface area contributed by atoms with Crippen molar-refractivity contribution in [3.8, 4) is 0 Å². The molecule has 3 amide bonds. The van der Waals surface area contributed by atoms with Gasteiger partial charge in [0.2, 0.25) is 0 Å². The molecule has 1 fully saturated rings. The Bertz CT molecular complexity index is 670. The highest BCUT2D eigenvalue weighted by molar-refractivity contribution is 9.10. The molecular formula is C16H13BrN2O2. The van der Waals surface area contributed by atoms with Gasteiger partial charge in [0.25, 0.3) is 5.91 Å². The maximum Gasteiger partial charge on any atom is 0.332 e. The van der Waals surface area contributed by atoms with Crippen molar-refractivity contribution in [1.82, 2.24) is 4.90 Å². The summed E-state index contributed by atoms with van der Waals surface area (Å²) in [4.78, 5) is 27.3. The average Bonchev–Trinajstić information content (AvgIpc) is 2.76. The molecule has 106 valence electrons. The summed E-state index contributed by atoms with van der Waals surface area (Å²) in [6.07, 6.45) is 0. The number of halogens is 1. The van der Waals surface area contributed by atoms with E-state index in [0.717, 1.165) is 10.0 Å². The SMILES string of the molecule is O=C1CN(Cc2ccccc2)C(=O)N1c1ccc(Br)cc1. The Morgan fingerprint density at radius 1 is 0.952 bits per heavy atom. The number of carbonyl (C=O) groups excluding carboxylic acids is 2. The smallest absolute Gasteiger partial charge is 0.310 e. The predicted octanol–water partition coefficient (Wildman–Crippen LogP) is 3.42. The molecule has 0 unspecified atom stereocenters. The molecule has 0 N–H and O–H groups in total. The van der Waals surface area contributed by atoms with Crippen LogP contribution in [0.3, 0.4) is 0 Å². The second kappa shape index (κ2) is 5.69. The molecule has 21 heavy (non-hydrogen) atoms. The predicted molar refractivity (Wildman–Crippen MR) is 83.9 cm³/mol. The third-order valence-electron chi connectivity index (χ3n) is 3.34. The van der Waals surface area contributed by atoms with E-state index in [1.165, 1.54) is 4.90 Å². The fourth-order valence-electron chi connectivity index (χ4n) is 2.32. The van der Waals surface area contributed by atoms with Gasteiger partial charge in [0.15, 0.2) is 0 Å². The molecule has 1 heterocycles. The Morgan fingerprint density at radius 2 is 1.62 bits per heavy atom. The van der Waals surface area contributed by atoms with E-state index < -0.39 is 0 Å². The highest BCUT2D eigenvalue weighted by atomic mass is 79.9. The largest absolute Gasteiger partial charge is 0.332 e. The molecule has 2 aromatic rings. The third kappa shape index (κ3) is 2.83. The summed E-state index contributed by atoms with van der Waals surface area (Å²) in [6.45, 7) is 0.558. The fraction of sp³-hybridized carbons (Fsp3) is 0.125. The van der Waals surface area contributed by atoms with Crippen LogP contribution in [-0.4, -0.2) is 23.4 Å². The van der Waals surface area contributed by atoms with E-state index in [0.29, 0.717) is 12.2 Å². The van der Waals surface area contributed by atoms with Crippen LogP contribution in [-0.2, 0) is 11.3 Å². The van der Waals surface area contributed by atoms with Gasteiger partial charge in [-0.25, -0.2) is 9.69 Å². The van der Waals surface area contributed by atoms with Gasteiger partial charge in [-0.3, -0.25) is 4.79 Å². The Balaban J connectivity index is 1.80. The lowest BCUT2D eigenvalue weighted by atomic mass is 10.2. The van der Waals surface area contributed by atoms with E-state index >= 15 is 0 Å². The standard InChI is InChI=1S/C16H13BrN2O2/c17-13-6-8-14(9-7-13)19-15(20)11-18(16(19)21)10-12-4-2-1-3-5-12/h1-9H,10-11H2. The van der Waals surface area contributed by atoms with Gasteiger partial charge in [-0.1, -0.05) is 46.3 Å². The van der Waals surface area contributed by atoms with Crippen molar-refractivity contribution in [2.45, 2.75) is 6.54 Å². The van der Waals surface area contributed by atoms with Crippen LogP contribution < -0.4 is 4.90 Å². The van der Waals surface area contributed by atoms with Gasteiger partial charge in [0, 0.05) is 11.0 Å². The number of nitrogens with zero attached hydrogens (tertiary/aromatic N) is 2. The Morgan fingerprint density at radius 3 is 2.29 bits per heavy atom. The van der Waals surface area contributed by atoms with Crippen molar-refractivity contribution in [2.75, 3.05) is 11.4 Å². The van der Waals surface area contributed by atoms with E-state index in [2.05, 4.69) is 15.9 Å². The number of urea groups is 1. The first kappa shape index (κ1) is 13.8. The van der Waals surface area contributed by atoms with Crippen molar-refractivity contribution in [1.29, 1.82) is 0 Å². The molecule has 3 rings (SSSR count). The lowest BCUT2D eigenvalue weighted by Gasteiger charge is -2.17. The van der Waals surface area contributed by atoms with Crippen LogP contribution in [0.5, 0.6) is 0 Å². The Hall–Kier alpha value is -2.14. The molecule has 0 saturated carbocycles. The quantitative estimate of drug-likeness (QED) is 0.800. The number of anilines is 1. The molecule has 0 bridgehead atoms. The summed E-state index contributed by atoms with van der Waals surface area (Å²) in [5.41, 5.74) is 1.61. The lowest BCUT2D eigenvalue weighted by molar-refractivity contribution is -0.116. The zero-order chi connectivity index (χ0) is 14.8. The fourth-order valence-corrected chi connectivity index (χ4v) is 2.59. The summed E-state index contributed by atoms with van der Waals surface area (Å²) in [5.74, 6) is -0.196. The van der Waals surface area contributed by atoms with E-state index in [9.17, 15) is 9.59 Å². The summed E-state index contributed by atoms with van der Waals surface area (Å²) in [6, 6.07) is 16.5. The number of hydrogen-bond donors (Lipinski definition) is 0. The first-order chi connectivity index (χ1) is 10.1. The minimum atomic E-state index is -0.272. The van der Waals surface area contributed by atoms with Crippen molar-refractivity contribution in [3.63, 3.8) is 0 Å². The van der Waals surface area contributed by atoms with Crippen LogP contribution in [0.15, 0.2) is 59.1 Å². The van der Waals surface area contributed by atoms with Crippen molar-refractivity contribution in [2.24, 2.45) is 0 Å². The van der Waals surface area contributed by atoms with E-state index in [-0.39, 0.29) is 18.5 Å². The minimum absolute atomic E-state index is 0.115. The van der Waals surface area contributed by atoms with Crippen LogP contribution >= 0.6 is 15.9 Å². The van der Waals surface area contributed by atoms with Crippen LogP contribution in [0.2, 0.25) is 0 Å². The second-order valence-corrected chi connectivity index (χ2v) is 5.75. The molecule has 0 spiro atoms. The zero-order valence-electron chi connectivity index (χ0n) is 11.2. The maximum absolute atomic E-state index is 12.4. The van der Waals surface area contributed by atoms with Crippen LogP contribution in [0.25, 0.3) is 0 Å². The second-order valence-electron chi connectivity index (χ2n) is 4.83. The van der Waals surface area contributed by atoms with Crippen LogP contribution in [0.1, 0.15) is 5.56 Å².